The number of nitrogens with zero attached hydrogens (tertiary/aromatic N) is 2. The first-order valence-electron chi connectivity index (χ1n) is 7.07. The molecule has 0 bridgehead atoms. The number of carbonyl (C=O) groups excluding carboxylic acids is 1. The van der Waals surface area contributed by atoms with Crippen LogP contribution in [0.1, 0.15) is 45.5 Å². The second-order valence-corrected chi connectivity index (χ2v) is 6.99. The number of ether oxygens (including phenoxy) is 1. The summed E-state index contributed by atoms with van der Waals surface area (Å²) in [5.41, 5.74) is -0.200. The Labute approximate surface area is 134 Å². The van der Waals surface area contributed by atoms with Crippen LogP contribution in [0.15, 0.2) is 39.8 Å². The third-order valence-electron chi connectivity index (χ3n) is 2.87. The fraction of sp³-hybridized carbons (Fsp3) is 0.438. The summed E-state index contributed by atoms with van der Waals surface area (Å²) in [4.78, 5) is 17.2. The van der Waals surface area contributed by atoms with Crippen LogP contribution in [0.3, 0.4) is 0 Å². The molecule has 1 heterocycles. The molecule has 6 heteroatoms. The van der Waals surface area contributed by atoms with Crippen LogP contribution < -0.4 is 0 Å². The Bertz CT molecular complexity index is 620. The van der Waals surface area contributed by atoms with Gasteiger partial charge in [0.2, 0.25) is 0 Å². The number of aromatic nitrogens is 2. The first-order valence-corrected chi connectivity index (χ1v) is 8.06. The number of hydrogen-bond donors (Lipinski definition) is 0. The summed E-state index contributed by atoms with van der Waals surface area (Å²) < 4.78 is 10.5. The highest BCUT2D eigenvalue weighted by molar-refractivity contribution is 8.00. The largest absolute Gasteiger partial charge is 0.452 e. The van der Waals surface area contributed by atoms with Gasteiger partial charge in [-0.1, -0.05) is 44.1 Å². The van der Waals surface area contributed by atoms with Gasteiger partial charge >= 0.3 is 5.97 Å². The van der Waals surface area contributed by atoms with Crippen LogP contribution in [0.5, 0.6) is 0 Å². The summed E-state index contributed by atoms with van der Waals surface area (Å²) in [6, 6.07) is 9.71. The average Bonchev–Trinajstić information content (AvgIpc) is 2.96. The molecule has 0 radical (unpaired) electrons. The fourth-order valence-corrected chi connectivity index (χ4v) is 2.35. The van der Waals surface area contributed by atoms with Crippen LogP contribution in [0.2, 0.25) is 0 Å². The highest BCUT2D eigenvalue weighted by Crippen LogP contribution is 2.23. The van der Waals surface area contributed by atoms with Crippen molar-refractivity contribution in [2.24, 2.45) is 0 Å². The predicted molar refractivity (Wildman–Crippen MR) is 84.7 cm³/mol. The van der Waals surface area contributed by atoms with Crippen molar-refractivity contribution >= 4 is 17.7 Å². The molecule has 1 atom stereocenters. The Balaban J connectivity index is 1.87. The van der Waals surface area contributed by atoms with E-state index in [4.69, 9.17) is 9.26 Å². The van der Waals surface area contributed by atoms with Gasteiger partial charge < -0.3 is 9.26 Å². The Morgan fingerprint density at radius 1 is 1.32 bits per heavy atom. The van der Waals surface area contributed by atoms with Crippen LogP contribution in [0.4, 0.5) is 0 Å². The molecule has 0 saturated heterocycles. The van der Waals surface area contributed by atoms with Crippen LogP contribution >= 0.6 is 11.8 Å². The molecule has 0 saturated carbocycles. The molecule has 0 amide bonds. The molecule has 1 aromatic carbocycles. The van der Waals surface area contributed by atoms with E-state index in [9.17, 15) is 4.79 Å². The molecule has 2 rings (SSSR count). The van der Waals surface area contributed by atoms with Crippen LogP contribution in [-0.2, 0) is 14.9 Å². The van der Waals surface area contributed by atoms with Gasteiger partial charge in [-0.15, -0.1) is 11.8 Å². The quantitative estimate of drug-likeness (QED) is 0.617. The molecule has 118 valence electrons. The number of rotatable bonds is 5. The Kier molecular flexibility index (Phi) is 5.24. The van der Waals surface area contributed by atoms with Gasteiger partial charge in [0.25, 0.3) is 5.89 Å². The highest BCUT2D eigenvalue weighted by Gasteiger charge is 2.24. The van der Waals surface area contributed by atoms with Gasteiger partial charge in [0.05, 0.1) is 5.75 Å². The second-order valence-electron chi connectivity index (χ2n) is 5.94. The van der Waals surface area contributed by atoms with Crippen molar-refractivity contribution < 1.29 is 14.1 Å². The van der Waals surface area contributed by atoms with Gasteiger partial charge in [-0.25, -0.2) is 0 Å². The van der Waals surface area contributed by atoms with E-state index < -0.39 is 6.10 Å². The van der Waals surface area contributed by atoms with Crippen LogP contribution in [-0.4, -0.2) is 21.9 Å². The molecule has 2 aromatic rings. The summed E-state index contributed by atoms with van der Waals surface area (Å²) >= 11 is 1.43. The third kappa shape index (κ3) is 4.59. The predicted octanol–water partition coefficient (Wildman–Crippen LogP) is 3.76. The van der Waals surface area contributed by atoms with Crippen molar-refractivity contribution in [1.29, 1.82) is 0 Å². The standard InChI is InChI=1S/C16H20N2O3S/c1-11(14-17-15(18-21-14)16(2,3)4)20-13(19)10-22-12-8-6-5-7-9-12/h5-9,11H,10H2,1-4H3. The van der Waals surface area contributed by atoms with Gasteiger partial charge in [0.15, 0.2) is 11.9 Å². The summed E-state index contributed by atoms with van der Waals surface area (Å²) in [6.45, 7) is 7.71. The van der Waals surface area contributed by atoms with Crippen LogP contribution in [0.25, 0.3) is 0 Å². The molecule has 1 unspecified atom stereocenters. The van der Waals surface area contributed by atoms with Gasteiger partial charge in [-0.05, 0) is 19.1 Å². The summed E-state index contributed by atoms with van der Waals surface area (Å²) in [5.74, 6) is 0.859. The number of benzene rings is 1. The van der Waals surface area contributed by atoms with Crippen molar-refractivity contribution in [3.8, 4) is 0 Å². The SMILES string of the molecule is CC(OC(=O)CSc1ccccc1)c1nc(C(C)(C)C)no1. The normalized spacial score (nSPS) is 12.9. The Morgan fingerprint density at radius 2 is 2.00 bits per heavy atom. The number of thioether (sulfide) groups is 1. The van der Waals surface area contributed by atoms with Crippen molar-refractivity contribution in [3.05, 3.63) is 42.0 Å². The minimum absolute atomic E-state index is 0.200. The molecular formula is C16H20N2O3S. The molecular weight excluding hydrogens is 300 g/mol. The molecule has 0 aliphatic carbocycles. The van der Waals surface area contributed by atoms with E-state index in [1.807, 2.05) is 51.1 Å². The monoisotopic (exact) mass is 320 g/mol. The topological polar surface area (TPSA) is 65.2 Å². The molecule has 1 aromatic heterocycles. The number of esters is 1. The van der Waals surface area contributed by atoms with E-state index in [1.165, 1.54) is 11.8 Å². The molecule has 0 fully saturated rings. The van der Waals surface area contributed by atoms with E-state index in [-0.39, 0.29) is 17.1 Å². The Morgan fingerprint density at radius 3 is 2.59 bits per heavy atom. The first-order chi connectivity index (χ1) is 10.4. The second kappa shape index (κ2) is 6.96. The minimum atomic E-state index is -0.549. The van der Waals surface area contributed by atoms with Gasteiger partial charge in [0.1, 0.15) is 0 Å². The summed E-state index contributed by atoms with van der Waals surface area (Å²) in [6.07, 6.45) is -0.549. The molecule has 0 aliphatic rings. The van der Waals surface area contributed by atoms with Gasteiger partial charge in [-0.3, -0.25) is 4.79 Å². The molecule has 5 nitrogen and oxygen atoms in total. The first kappa shape index (κ1) is 16.5. The molecule has 22 heavy (non-hydrogen) atoms. The van der Waals surface area contributed by atoms with Gasteiger partial charge in [0, 0.05) is 10.3 Å². The van der Waals surface area contributed by atoms with Gasteiger partial charge in [-0.2, -0.15) is 4.98 Å². The van der Waals surface area contributed by atoms with E-state index in [1.54, 1.807) is 6.92 Å². The van der Waals surface area contributed by atoms with E-state index in [0.29, 0.717) is 11.7 Å². The van der Waals surface area contributed by atoms with E-state index >= 15 is 0 Å². The van der Waals surface area contributed by atoms with Crippen molar-refractivity contribution in [2.75, 3.05) is 5.75 Å². The average molecular weight is 320 g/mol. The summed E-state index contributed by atoms with van der Waals surface area (Å²) in [7, 11) is 0. The lowest BCUT2D eigenvalue weighted by Crippen LogP contribution is -2.14. The molecule has 0 N–H and O–H groups in total. The smallest absolute Gasteiger partial charge is 0.317 e. The number of carbonyl (C=O) groups is 1. The third-order valence-corrected chi connectivity index (χ3v) is 3.85. The molecule has 0 spiro atoms. The van der Waals surface area contributed by atoms with E-state index in [0.717, 1.165) is 4.90 Å². The van der Waals surface area contributed by atoms with E-state index in [2.05, 4.69) is 10.1 Å². The minimum Gasteiger partial charge on any atom is -0.452 e. The van der Waals surface area contributed by atoms with Crippen molar-refractivity contribution in [3.63, 3.8) is 0 Å². The lowest BCUT2D eigenvalue weighted by atomic mass is 9.96. The lowest BCUT2D eigenvalue weighted by Gasteiger charge is -2.11. The maximum Gasteiger partial charge on any atom is 0.317 e. The Hall–Kier alpha value is -1.82. The maximum absolute atomic E-state index is 11.9. The molecule has 0 aliphatic heterocycles. The van der Waals surface area contributed by atoms with Crippen molar-refractivity contribution in [1.82, 2.24) is 10.1 Å². The van der Waals surface area contributed by atoms with Crippen LogP contribution in [0, 0.1) is 0 Å². The highest BCUT2D eigenvalue weighted by atomic mass is 32.2. The lowest BCUT2D eigenvalue weighted by molar-refractivity contribution is -0.146. The fourth-order valence-electron chi connectivity index (χ4n) is 1.65. The zero-order valence-electron chi connectivity index (χ0n) is 13.2. The maximum atomic E-state index is 11.9. The summed E-state index contributed by atoms with van der Waals surface area (Å²) in [5, 5.41) is 3.93. The number of hydrogen-bond acceptors (Lipinski definition) is 6. The van der Waals surface area contributed by atoms with Crippen molar-refractivity contribution in [2.45, 2.75) is 44.1 Å². The zero-order chi connectivity index (χ0) is 16.2. The zero-order valence-corrected chi connectivity index (χ0v) is 14.0.